The molecule has 2 rings (SSSR count). The van der Waals surface area contributed by atoms with Gasteiger partial charge in [0.05, 0.1) is 23.9 Å². The Bertz CT molecular complexity index is 602. The molecular weight excluding hydrogens is 290 g/mol. The van der Waals surface area contributed by atoms with Gasteiger partial charge in [0.15, 0.2) is 0 Å². The topological polar surface area (TPSA) is 48.7 Å². The van der Waals surface area contributed by atoms with Gasteiger partial charge < -0.3 is 5.32 Å². The lowest BCUT2D eigenvalue weighted by atomic mass is 10.2. The number of nitrogens with zero attached hydrogens (tertiary/aromatic N) is 2. The highest BCUT2D eigenvalue weighted by molar-refractivity contribution is 9.10. The summed E-state index contributed by atoms with van der Waals surface area (Å²) in [5.41, 5.74) is 3.52. The molecule has 1 aromatic carbocycles. The number of benzene rings is 1. The Kier molecular flexibility index (Phi) is 3.96. The van der Waals surface area contributed by atoms with Crippen LogP contribution in [0.25, 0.3) is 0 Å². The maximum atomic E-state index is 8.90. The van der Waals surface area contributed by atoms with E-state index in [4.69, 9.17) is 5.26 Å². The van der Waals surface area contributed by atoms with E-state index in [2.05, 4.69) is 32.3 Å². The molecule has 0 aliphatic carbocycles. The molecule has 18 heavy (non-hydrogen) atoms. The van der Waals surface area contributed by atoms with Crippen LogP contribution >= 0.6 is 15.9 Å². The molecule has 0 unspecified atom stereocenters. The molecule has 0 atom stereocenters. The lowest BCUT2D eigenvalue weighted by Crippen LogP contribution is -2.02. The van der Waals surface area contributed by atoms with Gasteiger partial charge in [0.2, 0.25) is 0 Å². The molecule has 4 heteroatoms. The zero-order chi connectivity index (χ0) is 13.0. The Morgan fingerprint density at radius 2 is 2.17 bits per heavy atom. The van der Waals surface area contributed by atoms with Crippen LogP contribution in [0.15, 0.2) is 40.9 Å². The second-order valence-corrected chi connectivity index (χ2v) is 4.88. The molecule has 0 aliphatic rings. The Hall–Kier alpha value is -1.86. The summed E-state index contributed by atoms with van der Waals surface area (Å²) < 4.78 is 0.890. The number of rotatable bonds is 3. The van der Waals surface area contributed by atoms with Crippen molar-refractivity contribution < 1.29 is 0 Å². The van der Waals surface area contributed by atoms with Crippen molar-refractivity contribution in [3.8, 4) is 6.07 Å². The van der Waals surface area contributed by atoms with Crippen molar-refractivity contribution in [1.29, 1.82) is 5.26 Å². The summed E-state index contributed by atoms with van der Waals surface area (Å²) in [7, 11) is 0. The maximum absolute atomic E-state index is 8.90. The summed E-state index contributed by atoms with van der Waals surface area (Å²) in [6.07, 6.45) is 0. The minimum absolute atomic E-state index is 0.629. The summed E-state index contributed by atoms with van der Waals surface area (Å²) in [4.78, 5) is 4.41. The van der Waals surface area contributed by atoms with Crippen LogP contribution in [0.2, 0.25) is 0 Å². The van der Waals surface area contributed by atoms with Crippen molar-refractivity contribution in [2.45, 2.75) is 13.5 Å². The van der Waals surface area contributed by atoms with E-state index in [0.717, 1.165) is 21.5 Å². The molecule has 90 valence electrons. The van der Waals surface area contributed by atoms with E-state index in [-0.39, 0.29) is 0 Å². The molecule has 0 bridgehead atoms. The monoisotopic (exact) mass is 301 g/mol. The highest BCUT2D eigenvalue weighted by Crippen LogP contribution is 2.19. The summed E-state index contributed by atoms with van der Waals surface area (Å²) in [5.74, 6) is 0. The van der Waals surface area contributed by atoms with E-state index in [1.165, 1.54) is 0 Å². The van der Waals surface area contributed by atoms with Gasteiger partial charge in [-0.3, -0.25) is 4.98 Å². The third-order valence-electron chi connectivity index (χ3n) is 2.45. The molecular formula is C14H12BrN3. The number of pyridine rings is 1. The molecule has 3 nitrogen and oxygen atoms in total. The van der Waals surface area contributed by atoms with Crippen LogP contribution in [0.1, 0.15) is 17.0 Å². The third kappa shape index (κ3) is 3.31. The van der Waals surface area contributed by atoms with Gasteiger partial charge in [-0.25, -0.2) is 0 Å². The zero-order valence-corrected chi connectivity index (χ0v) is 11.5. The fraction of sp³-hybridized carbons (Fsp3) is 0.143. The molecule has 2 aromatic rings. The lowest BCUT2D eigenvalue weighted by Gasteiger charge is -2.07. The van der Waals surface area contributed by atoms with E-state index in [0.29, 0.717) is 12.1 Å². The first-order valence-electron chi connectivity index (χ1n) is 5.54. The molecule has 0 saturated heterocycles. The van der Waals surface area contributed by atoms with Crippen molar-refractivity contribution in [3.63, 3.8) is 0 Å². The Labute approximate surface area is 115 Å². The van der Waals surface area contributed by atoms with E-state index in [9.17, 15) is 0 Å². The van der Waals surface area contributed by atoms with Gasteiger partial charge in [-0.05, 0) is 37.3 Å². The first-order chi connectivity index (χ1) is 8.67. The van der Waals surface area contributed by atoms with Gasteiger partial charge in [-0.1, -0.05) is 22.0 Å². The van der Waals surface area contributed by atoms with E-state index >= 15 is 0 Å². The predicted octanol–water partition coefficient (Wildman–Crippen LogP) is 3.64. The van der Waals surface area contributed by atoms with E-state index < -0.39 is 0 Å². The van der Waals surface area contributed by atoms with Crippen molar-refractivity contribution in [3.05, 3.63) is 57.8 Å². The number of anilines is 1. The summed E-state index contributed by atoms with van der Waals surface area (Å²) in [6.45, 7) is 2.61. The third-order valence-corrected chi connectivity index (χ3v) is 2.90. The largest absolute Gasteiger partial charge is 0.379 e. The molecule has 1 N–H and O–H groups in total. The lowest BCUT2D eigenvalue weighted by molar-refractivity contribution is 1.01. The van der Waals surface area contributed by atoms with Crippen molar-refractivity contribution in [1.82, 2.24) is 4.98 Å². The standard InChI is InChI=1S/C14H12BrN3/c1-10-3-2-4-13(18-10)9-17-14-6-11(8-16)5-12(15)7-14/h2-7,17H,9H2,1H3. The first-order valence-corrected chi connectivity index (χ1v) is 6.34. The SMILES string of the molecule is Cc1cccc(CNc2cc(Br)cc(C#N)c2)n1. The quantitative estimate of drug-likeness (QED) is 0.941. The van der Waals surface area contributed by atoms with Crippen LogP contribution in [0.4, 0.5) is 5.69 Å². The number of halogens is 1. The van der Waals surface area contributed by atoms with Gasteiger partial charge in [0, 0.05) is 15.9 Å². The van der Waals surface area contributed by atoms with E-state index in [1.54, 1.807) is 6.07 Å². The maximum Gasteiger partial charge on any atom is 0.0992 e. The number of aromatic nitrogens is 1. The van der Waals surface area contributed by atoms with Crippen LogP contribution < -0.4 is 5.32 Å². The Balaban J connectivity index is 2.11. The summed E-state index contributed by atoms with van der Waals surface area (Å²) in [5, 5.41) is 12.2. The van der Waals surface area contributed by atoms with Crippen LogP contribution in [-0.2, 0) is 6.54 Å². The molecule has 1 heterocycles. The average molecular weight is 302 g/mol. The molecule has 0 radical (unpaired) electrons. The van der Waals surface area contributed by atoms with Crippen molar-refractivity contribution >= 4 is 21.6 Å². The fourth-order valence-electron chi connectivity index (χ4n) is 1.65. The van der Waals surface area contributed by atoms with Crippen LogP contribution in [0, 0.1) is 18.3 Å². The number of nitrogens with one attached hydrogen (secondary N) is 1. The second kappa shape index (κ2) is 5.65. The molecule has 0 aliphatic heterocycles. The fourth-order valence-corrected chi connectivity index (χ4v) is 2.14. The number of hydrogen-bond acceptors (Lipinski definition) is 3. The number of aryl methyl sites for hydroxylation is 1. The van der Waals surface area contributed by atoms with Crippen molar-refractivity contribution in [2.24, 2.45) is 0 Å². The Morgan fingerprint density at radius 1 is 1.33 bits per heavy atom. The van der Waals surface area contributed by atoms with Crippen LogP contribution in [0.5, 0.6) is 0 Å². The molecule has 1 aromatic heterocycles. The van der Waals surface area contributed by atoms with E-state index in [1.807, 2.05) is 37.3 Å². The average Bonchev–Trinajstić information content (AvgIpc) is 2.36. The summed E-state index contributed by atoms with van der Waals surface area (Å²) >= 11 is 3.38. The molecule has 0 saturated carbocycles. The Morgan fingerprint density at radius 3 is 2.89 bits per heavy atom. The molecule has 0 spiro atoms. The highest BCUT2D eigenvalue weighted by Gasteiger charge is 2.00. The highest BCUT2D eigenvalue weighted by atomic mass is 79.9. The van der Waals surface area contributed by atoms with Crippen LogP contribution in [-0.4, -0.2) is 4.98 Å². The minimum Gasteiger partial charge on any atom is -0.379 e. The molecule has 0 fully saturated rings. The normalized spacial score (nSPS) is 9.83. The van der Waals surface area contributed by atoms with Gasteiger partial charge in [-0.2, -0.15) is 5.26 Å². The smallest absolute Gasteiger partial charge is 0.0992 e. The minimum atomic E-state index is 0.629. The molecule has 0 amide bonds. The number of nitriles is 1. The van der Waals surface area contributed by atoms with Crippen molar-refractivity contribution in [2.75, 3.05) is 5.32 Å². The van der Waals surface area contributed by atoms with Gasteiger partial charge in [-0.15, -0.1) is 0 Å². The number of hydrogen-bond donors (Lipinski definition) is 1. The first kappa shape index (κ1) is 12.6. The van der Waals surface area contributed by atoms with Crippen LogP contribution in [0.3, 0.4) is 0 Å². The summed E-state index contributed by atoms with van der Waals surface area (Å²) in [6, 6.07) is 13.6. The van der Waals surface area contributed by atoms with Gasteiger partial charge in [0.1, 0.15) is 0 Å². The predicted molar refractivity (Wildman–Crippen MR) is 75.2 cm³/mol. The van der Waals surface area contributed by atoms with Gasteiger partial charge >= 0.3 is 0 Å². The second-order valence-electron chi connectivity index (χ2n) is 3.96. The van der Waals surface area contributed by atoms with Gasteiger partial charge in [0.25, 0.3) is 0 Å². The zero-order valence-electron chi connectivity index (χ0n) is 9.94.